The van der Waals surface area contributed by atoms with Crippen LogP contribution in [0.15, 0.2) is 30.6 Å². The fraction of sp³-hybridized carbons (Fsp3) is 0.474. The van der Waals surface area contributed by atoms with Gasteiger partial charge in [0.25, 0.3) is 5.91 Å². The zero-order valence-electron chi connectivity index (χ0n) is 13.9. The molecule has 1 saturated carbocycles. The molecule has 2 N–H and O–H groups in total. The van der Waals surface area contributed by atoms with Crippen LogP contribution < -0.4 is 5.32 Å². The summed E-state index contributed by atoms with van der Waals surface area (Å²) in [6.07, 6.45) is 9.70. The number of aromatic nitrogens is 2. The summed E-state index contributed by atoms with van der Waals surface area (Å²) in [6, 6.07) is 6.98. The monoisotopic (exact) mass is 324 g/mol. The average Bonchev–Trinajstić information content (AvgIpc) is 2.99. The Morgan fingerprint density at radius 1 is 1.25 bits per heavy atom. The van der Waals surface area contributed by atoms with Crippen LogP contribution in [0.25, 0.3) is 0 Å². The summed E-state index contributed by atoms with van der Waals surface area (Å²) in [5.41, 5.74) is 3.49. The van der Waals surface area contributed by atoms with Crippen molar-refractivity contribution in [1.82, 2.24) is 20.2 Å². The van der Waals surface area contributed by atoms with Gasteiger partial charge in [0, 0.05) is 37.1 Å². The summed E-state index contributed by atoms with van der Waals surface area (Å²) in [5, 5.41) is 2.93. The lowest BCUT2D eigenvalue weighted by molar-refractivity contribution is 0.0950. The van der Waals surface area contributed by atoms with Gasteiger partial charge in [-0.2, -0.15) is 0 Å². The normalized spacial score (nSPS) is 18.5. The number of amides is 1. The van der Waals surface area contributed by atoms with Crippen LogP contribution in [0, 0.1) is 0 Å². The van der Waals surface area contributed by atoms with Crippen molar-refractivity contribution in [3.05, 3.63) is 53.1 Å². The third-order valence-corrected chi connectivity index (χ3v) is 5.37. The molecule has 0 atom stereocenters. The second kappa shape index (κ2) is 6.77. The van der Waals surface area contributed by atoms with E-state index in [1.54, 1.807) is 12.4 Å². The molecule has 2 aromatic rings. The van der Waals surface area contributed by atoms with E-state index in [2.05, 4.69) is 32.3 Å². The number of rotatable bonds is 4. The molecule has 0 bridgehead atoms. The van der Waals surface area contributed by atoms with Crippen molar-refractivity contribution in [2.75, 3.05) is 13.1 Å². The van der Waals surface area contributed by atoms with Crippen molar-refractivity contribution in [3.63, 3.8) is 0 Å². The van der Waals surface area contributed by atoms with E-state index in [9.17, 15) is 4.79 Å². The molecule has 5 nitrogen and oxygen atoms in total. The van der Waals surface area contributed by atoms with E-state index in [0.29, 0.717) is 6.54 Å². The third kappa shape index (κ3) is 3.22. The van der Waals surface area contributed by atoms with Gasteiger partial charge in [0.15, 0.2) is 0 Å². The third-order valence-electron chi connectivity index (χ3n) is 5.37. The van der Waals surface area contributed by atoms with Gasteiger partial charge in [0.2, 0.25) is 0 Å². The molecule has 1 aliphatic heterocycles. The van der Waals surface area contributed by atoms with E-state index in [1.165, 1.54) is 30.4 Å². The highest BCUT2D eigenvalue weighted by Gasteiger charge is 2.26. The minimum absolute atomic E-state index is 0.0331. The smallest absolute Gasteiger partial charge is 0.251 e. The summed E-state index contributed by atoms with van der Waals surface area (Å²) in [6.45, 7) is 2.70. The van der Waals surface area contributed by atoms with Crippen molar-refractivity contribution in [1.29, 1.82) is 0 Å². The number of hydrogen-bond donors (Lipinski definition) is 2. The first-order valence-electron chi connectivity index (χ1n) is 8.92. The Labute approximate surface area is 142 Å². The molecule has 126 valence electrons. The minimum atomic E-state index is -0.0331. The zero-order chi connectivity index (χ0) is 16.4. The molecule has 24 heavy (non-hydrogen) atoms. The molecule has 0 spiro atoms. The number of carbonyl (C=O) groups is 1. The molecule has 1 aromatic carbocycles. The van der Waals surface area contributed by atoms with E-state index in [1.807, 2.05) is 6.07 Å². The molecule has 1 amide bonds. The number of fused-ring (bicyclic) bond motifs is 1. The van der Waals surface area contributed by atoms with Gasteiger partial charge in [-0.25, -0.2) is 4.98 Å². The van der Waals surface area contributed by atoms with Crippen LogP contribution in [0.4, 0.5) is 0 Å². The van der Waals surface area contributed by atoms with Crippen molar-refractivity contribution in [2.45, 2.75) is 44.7 Å². The fourth-order valence-corrected chi connectivity index (χ4v) is 3.66. The van der Waals surface area contributed by atoms with Crippen molar-refractivity contribution in [2.24, 2.45) is 0 Å². The summed E-state index contributed by atoms with van der Waals surface area (Å²) in [7, 11) is 0. The van der Waals surface area contributed by atoms with Crippen molar-refractivity contribution >= 4 is 5.91 Å². The Morgan fingerprint density at radius 3 is 2.79 bits per heavy atom. The van der Waals surface area contributed by atoms with E-state index in [4.69, 9.17) is 0 Å². The predicted molar refractivity (Wildman–Crippen MR) is 92.8 cm³/mol. The Bertz CT molecular complexity index is 706. The number of aromatic amines is 1. The van der Waals surface area contributed by atoms with Gasteiger partial charge in [0.1, 0.15) is 5.82 Å². The number of benzene rings is 1. The van der Waals surface area contributed by atoms with Crippen LogP contribution in [0.3, 0.4) is 0 Å². The quantitative estimate of drug-likeness (QED) is 0.907. The van der Waals surface area contributed by atoms with Crippen molar-refractivity contribution in [3.8, 4) is 0 Å². The van der Waals surface area contributed by atoms with Crippen molar-refractivity contribution < 1.29 is 4.79 Å². The molecular formula is C19H24N4O. The topological polar surface area (TPSA) is 61.0 Å². The van der Waals surface area contributed by atoms with Crippen LogP contribution in [-0.2, 0) is 19.4 Å². The molecule has 0 saturated heterocycles. The van der Waals surface area contributed by atoms with E-state index in [-0.39, 0.29) is 5.91 Å². The molecule has 1 aliphatic carbocycles. The standard InChI is InChI=1S/C19H24N4O/c24-19(22-13-18-20-8-9-21-18)16-5-4-14-6-10-23(17-2-1-3-17)11-7-15(14)12-16/h4-5,8-9,12,17H,1-3,6-7,10-11,13H2,(H,20,21)(H,22,24). The largest absolute Gasteiger partial charge is 0.347 e. The lowest BCUT2D eigenvalue weighted by Crippen LogP contribution is -2.41. The van der Waals surface area contributed by atoms with Crippen LogP contribution in [-0.4, -0.2) is 39.9 Å². The van der Waals surface area contributed by atoms with Crippen LogP contribution in [0.5, 0.6) is 0 Å². The predicted octanol–water partition coefficient (Wildman–Crippen LogP) is 2.29. The Balaban J connectivity index is 1.41. The molecule has 0 radical (unpaired) electrons. The molecule has 1 aromatic heterocycles. The Hall–Kier alpha value is -2.14. The van der Waals surface area contributed by atoms with E-state index in [0.717, 1.165) is 43.4 Å². The summed E-state index contributed by atoms with van der Waals surface area (Å²) in [5.74, 6) is 0.739. The first-order chi connectivity index (χ1) is 11.8. The van der Waals surface area contributed by atoms with Gasteiger partial charge in [0.05, 0.1) is 6.54 Å². The Kier molecular flexibility index (Phi) is 4.34. The molecule has 4 rings (SSSR count). The van der Waals surface area contributed by atoms with Gasteiger partial charge in [-0.15, -0.1) is 0 Å². The van der Waals surface area contributed by atoms with Gasteiger partial charge >= 0.3 is 0 Å². The zero-order valence-corrected chi connectivity index (χ0v) is 13.9. The highest BCUT2D eigenvalue weighted by molar-refractivity contribution is 5.94. The van der Waals surface area contributed by atoms with Gasteiger partial charge < -0.3 is 10.3 Å². The molecule has 1 fully saturated rings. The summed E-state index contributed by atoms with van der Waals surface area (Å²) in [4.78, 5) is 22.1. The maximum absolute atomic E-state index is 12.4. The second-order valence-corrected chi connectivity index (χ2v) is 6.82. The van der Waals surface area contributed by atoms with Gasteiger partial charge in [-0.05, 0) is 48.9 Å². The lowest BCUT2D eigenvalue weighted by atomic mass is 9.91. The fourth-order valence-electron chi connectivity index (χ4n) is 3.66. The summed E-state index contributed by atoms with van der Waals surface area (Å²) >= 11 is 0. The molecule has 2 heterocycles. The lowest BCUT2D eigenvalue weighted by Gasteiger charge is -2.36. The van der Waals surface area contributed by atoms with E-state index < -0.39 is 0 Å². The molecule has 2 aliphatic rings. The molecular weight excluding hydrogens is 300 g/mol. The Morgan fingerprint density at radius 2 is 2.08 bits per heavy atom. The van der Waals surface area contributed by atoms with Crippen LogP contribution in [0.2, 0.25) is 0 Å². The maximum atomic E-state index is 12.4. The highest BCUT2D eigenvalue weighted by atomic mass is 16.1. The summed E-state index contributed by atoms with van der Waals surface area (Å²) < 4.78 is 0. The maximum Gasteiger partial charge on any atom is 0.251 e. The first-order valence-corrected chi connectivity index (χ1v) is 8.92. The van der Waals surface area contributed by atoms with Crippen LogP contribution >= 0.6 is 0 Å². The highest BCUT2D eigenvalue weighted by Crippen LogP contribution is 2.27. The number of nitrogens with zero attached hydrogens (tertiary/aromatic N) is 2. The SMILES string of the molecule is O=C(NCc1ncc[nH]1)c1ccc2c(c1)CCN(C1CCC1)CC2. The second-order valence-electron chi connectivity index (χ2n) is 6.82. The number of nitrogens with one attached hydrogen (secondary N) is 2. The average molecular weight is 324 g/mol. The number of imidazole rings is 1. The van der Waals surface area contributed by atoms with E-state index >= 15 is 0 Å². The molecule has 0 unspecified atom stereocenters. The molecule has 5 heteroatoms. The number of H-pyrrole nitrogens is 1. The van der Waals surface area contributed by atoms with Gasteiger partial charge in [-0.3, -0.25) is 9.69 Å². The van der Waals surface area contributed by atoms with Gasteiger partial charge in [-0.1, -0.05) is 12.5 Å². The number of hydrogen-bond acceptors (Lipinski definition) is 3. The number of carbonyl (C=O) groups excluding carboxylic acids is 1. The van der Waals surface area contributed by atoms with Crippen LogP contribution in [0.1, 0.15) is 46.6 Å². The first kappa shape index (κ1) is 15.4. The minimum Gasteiger partial charge on any atom is -0.347 e.